The minimum atomic E-state index is -0.444. The number of piperidine rings is 1. The van der Waals surface area contributed by atoms with Gasteiger partial charge >= 0.3 is 6.03 Å². The summed E-state index contributed by atoms with van der Waals surface area (Å²) in [5.74, 6) is -0.440. The van der Waals surface area contributed by atoms with Crippen LogP contribution in [0.25, 0.3) is 0 Å². The highest BCUT2D eigenvalue weighted by molar-refractivity contribution is 5.77. The van der Waals surface area contributed by atoms with E-state index in [1.165, 1.54) is 6.07 Å². The second-order valence-corrected chi connectivity index (χ2v) is 5.64. The fourth-order valence-corrected chi connectivity index (χ4v) is 2.56. The van der Waals surface area contributed by atoms with Crippen molar-refractivity contribution in [3.05, 3.63) is 30.1 Å². The standard InChI is InChI=1S/C16H22FN3O3/c17-13-5-1-2-6-14(13)23-11-12-4-3-9-20(10-12)16(22)19-8-7-15(18)21/h1-2,5-6,12H,3-4,7-11H2,(H2,18,21)(H,19,22)/t12-/m1/s1. The van der Waals surface area contributed by atoms with Crippen LogP contribution < -0.4 is 15.8 Å². The van der Waals surface area contributed by atoms with Crippen molar-refractivity contribution in [3.63, 3.8) is 0 Å². The Morgan fingerprint density at radius 1 is 1.39 bits per heavy atom. The van der Waals surface area contributed by atoms with Gasteiger partial charge in [0.15, 0.2) is 11.6 Å². The summed E-state index contributed by atoms with van der Waals surface area (Å²) in [6.07, 6.45) is 1.92. The maximum absolute atomic E-state index is 13.5. The molecule has 1 aliphatic rings. The highest BCUT2D eigenvalue weighted by Gasteiger charge is 2.24. The van der Waals surface area contributed by atoms with Crippen molar-refractivity contribution in [2.45, 2.75) is 19.3 Å². The average molecular weight is 323 g/mol. The van der Waals surface area contributed by atoms with Crippen LogP contribution in [0.15, 0.2) is 24.3 Å². The summed E-state index contributed by atoms with van der Waals surface area (Å²) in [5, 5.41) is 2.67. The van der Waals surface area contributed by atoms with Gasteiger partial charge in [-0.1, -0.05) is 12.1 Å². The second-order valence-electron chi connectivity index (χ2n) is 5.64. The molecule has 2 rings (SSSR count). The number of nitrogens with zero attached hydrogens (tertiary/aromatic N) is 1. The minimum absolute atomic E-state index is 0.124. The van der Waals surface area contributed by atoms with Crippen LogP contribution in [0.4, 0.5) is 9.18 Å². The van der Waals surface area contributed by atoms with E-state index in [-0.39, 0.29) is 36.5 Å². The number of nitrogens with two attached hydrogens (primary N) is 1. The molecule has 3 N–H and O–H groups in total. The van der Waals surface area contributed by atoms with Gasteiger partial charge in [-0.2, -0.15) is 0 Å². The van der Waals surface area contributed by atoms with Gasteiger partial charge in [-0.15, -0.1) is 0 Å². The molecule has 0 aliphatic carbocycles. The number of rotatable bonds is 6. The number of amides is 3. The molecule has 0 unspecified atom stereocenters. The normalized spacial score (nSPS) is 17.6. The number of carbonyl (C=O) groups excluding carboxylic acids is 2. The number of carbonyl (C=O) groups is 2. The summed E-state index contributed by atoms with van der Waals surface area (Å²) in [6.45, 7) is 1.82. The Morgan fingerprint density at radius 3 is 2.91 bits per heavy atom. The molecule has 1 atom stereocenters. The average Bonchev–Trinajstić information content (AvgIpc) is 2.54. The number of hydrogen-bond acceptors (Lipinski definition) is 3. The summed E-state index contributed by atoms with van der Waals surface area (Å²) in [4.78, 5) is 24.4. The lowest BCUT2D eigenvalue weighted by Gasteiger charge is -2.32. The number of urea groups is 1. The molecule has 0 bridgehead atoms. The molecule has 0 spiro atoms. The molecular weight excluding hydrogens is 301 g/mol. The maximum Gasteiger partial charge on any atom is 0.317 e. The van der Waals surface area contributed by atoms with Crippen LogP contribution in [0.2, 0.25) is 0 Å². The number of ether oxygens (including phenoxy) is 1. The predicted molar refractivity (Wildman–Crippen MR) is 83.4 cm³/mol. The van der Waals surface area contributed by atoms with Crippen LogP contribution in [0.1, 0.15) is 19.3 Å². The molecule has 1 heterocycles. The molecule has 7 heteroatoms. The van der Waals surface area contributed by atoms with E-state index in [0.717, 1.165) is 12.8 Å². The molecule has 0 saturated carbocycles. The van der Waals surface area contributed by atoms with E-state index in [1.807, 2.05) is 0 Å². The predicted octanol–water partition coefficient (Wildman–Crippen LogP) is 1.50. The molecule has 6 nitrogen and oxygen atoms in total. The summed E-state index contributed by atoms with van der Waals surface area (Å²) < 4.78 is 19.0. The molecule has 23 heavy (non-hydrogen) atoms. The second kappa shape index (κ2) is 8.36. The summed E-state index contributed by atoms with van der Waals surface area (Å²) in [7, 11) is 0. The first-order chi connectivity index (χ1) is 11.1. The van der Waals surface area contributed by atoms with Crippen molar-refractivity contribution < 1.29 is 18.7 Å². The van der Waals surface area contributed by atoms with Crippen molar-refractivity contribution in [1.82, 2.24) is 10.2 Å². The Kier molecular flexibility index (Phi) is 6.19. The molecule has 1 fully saturated rings. The fraction of sp³-hybridized carbons (Fsp3) is 0.500. The van der Waals surface area contributed by atoms with Gasteiger partial charge in [0.25, 0.3) is 0 Å². The van der Waals surface area contributed by atoms with Crippen LogP contribution in [-0.2, 0) is 4.79 Å². The zero-order valence-electron chi connectivity index (χ0n) is 13.0. The van der Waals surface area contributed by atoms with Gasteiger partial charge in [0, 0.05) is 32.0 Å². The van der Waals surface area contributed by atoms with E-state index >= 15 is 0 Å². The number of likely N-dealkylation sites (tertiary alicyclic amines) is 1. The molecule has 1 saturated heterocycles. The zero-order valence-corrected chi connectivity index (χ0v) is 13.0. The molecule has 1 aromatic rings. The Balaban J connectivity index is 1.77. The van der Waals surface area contributed by atoms with E-state index in [2.05, 4.69) is 5.32 Å². The molecule has 0 aromatic heterocycles. The molecule has 0 radical (unpaired) electrons. The first kappa shape index (κ1) is 17.1. The topological polar surface area (TPSA) is 84.7 Å². The largest absolute Gasteiger partial charge is 0.490 e. The highest BCUT2D eigenvalue weighted by atomic mass is 19.1. The van der Waals surface area contributed by atoms with E-state index < -0.39 is 5.91 Å². The van der Waals surface area contributed by atoms with Gasteiger partial charge in [-0.05, 0) is 25.0 Å². The smallest absolute Gasteiger partial charge is 0.317 e. The van der Waals surface area contributed by atoms with Crippen LogP contribution in [0.3, 0.4) is 0 Å². The van der Waals surface area contributed by atoms with Crippen molar-refractivity contribution in [2.75, 3.05) is 26.2 Å². The lowest BCUT2D eigenvalue weighted by atomic mass is 9.99. The number of nitrogens with one attached hydrogen (secondary N) is 1. The Morgan fingerprint density at radius 2 is 2.17 bits per heavy atom. The lowest BCUT2D eigenvalue weighted by molar-refractivity contribution is -0.117. The quantitative estimate of drug-likeness (QED) is 0.832. The van der Waals surface area contributed by atoms with Crippen LogP contribution in [-0.4, -0.2) is 43.1 Å². The number of primary amides is 1. The van der Waals surface area contributed by atoms with Gasteiger partial charge < -0.3 is 20.7 Å². The third-order valence-corrected chi connectivity index (χ3v) is 3.77. The number of hydrogen-bond donors (Lipinski definition) is 2. The number of benzene rings is 1. The van der Waals surface area contributed by atoms with Gasteiger partial charge in [-0.25, -0.2) is 9.18 Å². The molecule has 1 aliphatic heterocycles. The Labute approximate surface area is 134 Å². The van der Waals surface area contributed by atoms with Gasteiger partial charge in [0.2, 0.25) is 5.91 Å². The molecule has 1 aromatic carbocycles. The van der Waals surface area contributed by atoms with Gasteiger partial charge in [-0.3, -0.25) is 4.79 Å². The van der Waals surface area contributed by atoms with Crippen LogP contribution in [0.5, 0.6) is 5.75 Å². The van der Waals surface area contributed by atoms with Crippen molar-refractivity contribution in [2.24, 2.45) is 11.7 Å². The minimum Gasteiger partial charge on any atom is -0.490 e. The first-order valence-electron chi connectivity index (χ1n) is 7.74. The third-order valence-electron chi connectivity index (χ3n) is 3.77. The fourth-order valence-electron chi connectivity index (χ4n) is 2.56. The first-order valence-corrected chi connectivity index (χ1v) is 7.74. The van der Waals surface area contributed by atoms with E-state index in [9.17, 15) is 14.0 Å². The molecular formula is C16H22FN3O3. The SMILES string of the molecule is NC(=O)CCNC(=O)N1CCC[C@@H](COc2ccccc2F)C1. The summed E-state index contributed by atoms with van der Waals surface area (Å²) in [5.41, 5.74) is 5.04. The molecule has 126 valence electrons. The third kappa shape index (κ3) is 5.43. The van der Waals surface area contributed by atoms with Crippen molar-refractivity contribution in [1.29, 1.82) is 0 Å². The molecule has 3 amide bonds. The monoisotopic (exact) mass is 323 g/mol. The number of halogens is 1. The van der Waals surface area contributed by atoms with Gasteiger partial charge in [0.05, 0.1) is 6.61 Å². The maximum atomic E-state index is 13.5. The van der Waals surface area contributed by atoms with Gasteiger partial charge in [0.1, 0.15) is 0 Å². The summed E-state index contributed by atoms with van der Waals surface area (Å²) >= 11 is 0. The lowest BCUT2D eigenvalue weighted by Crippen LogP contribution is -2.47. The number of para-hydroxylation sites is 1. The zero-order chi connectivity index (χ0) is 16.7. The van der Waals surface area contributed by atoms with Crippen molar-refractivity contribution in [3.8, 4) is 5.75 Å². The van der Waals surface area contributed by atoms with Crippen molar-refractivity contribution >= 4 is 11.9 Å². The highest BCUT2D eigenvalue weighted by Crippen LogP contribution is 2.20. The Bertz CT molecular complexity index is 553. The van der Waals surface area contributed by atoms with E-state index in [0.29, 0.717) is 19.7 Å². The van der Waals surface area contributed by atoms with E-state index in [1.54, 1.807) is 23.1 Å². The van der Waals surface area contributed by atoms with Crippen LogP contribution >= 0.6 is 0 Å². The Hall–Kier alpha value is -2.31. The summed E-state index contributed by atoms with van der Waals surface area (Å²) in [6, 6.07) is 6.07. The van der Waals surface area contributed by atoms with E-state index in [4.69, 9.17) is 10.5 Å². The van der Waals surface area contributed by atoms with Crippen LogP contribution in [0, 0.1) is 11.7 Å².